The highest BCUT2D eigenvalue weighted by atomic mass is 16.6. The van der Waals surface area contributed by atoms with Crippen LogP contribution in [0, 0.1) is 17.0 Å². The number of nitro groups is 1. The maximum Gasteiger partial charge on any atom is 0.315 e. The minimum Gasteiger partial charge on any atom is -0.493 e. The van der Waals surface area contributed by atoms with Gasteiger partial charge in [-0.15, -0.1) is 10.2 Å². The smallest absolute Gasteiger partial charge is 0.315 e. The standard InChI is InChI=1S/C17H22N6O5/c1-4-5-6-7-28-15-13(23(25)26)8-12(9-14(15)27-3)10-18-21-17-19-16(24)11(2)20-22-17/h8-10H,4-7H2,1-3H3,(H2,19,21,22,24)/b18-10+. The molecule has 150 valence electrons. The van der Waals surface area contributed by atoms with Gasteiger partial charge in [-0.1, -0.05) is 19.8 Å². The molecule has 11 nitrogen and oxygen atoms in total. The van der Waals surface area contributed by atoms with E-state index in [2.05, 4.69) is 32.6 Å². The molecule has 0 radical (unpaired) electrons. The number of nitrogens with one attached hydrogen (secondary N) is 2. The first kappa shape index (κ1) is 20.8. The van der Waals surface area contributed by atoms with Crippen LogP contribution in [0.25, 0.3) is 0 Å². The number of nitro benzene ring substituents is 1. The van der Waals surface area contributed by atoms with Crippen LogP contribution in [0.2, 0.25) is 0 Å². The fourth-order valence-corrected chi connectivity index (χ4v) is 2.25. The number of aromatic amines is 1. The average Bonchev–Trinajstić information content (AvgIpc) is 2.68. The van der Waals surface area contributed by atoms with Gasteiger partial charge in [0, 0.05) is 11.6 Å². The second-order valence-corrected chi connectivity index (χ2v) is 5.84. The Morgan fingerprint density at radius 2 is 2.14 bits per heavy atom. The maximum atomic E-state index is 11.5. The van der Waals surface area contributed by atoms with Crippen LogP contribution >= 0.6 is 0 Å². The monoisotopic (exact) mass is 390 g/mol. The number of aryl methyl sites for hydroxylation is 1. The van der Waals surface area contributed by atoms with E-state index in [9.17, 15) is 14.9 Å². The highest BCUT2D eigenvalue weighted by Crippen LogP contribution is 2.38. The molecule has 28 heavy (non-hydrogen) atoms. The predicted octanol–water partition coefficient (Wildman–Crippen LogP) is 2.41. The summed E-state index contributed by atoms with van der Waals surface area (Å²) in [5.41, 5.74) is 2.52. The molecule has 1 heterocycles. The molecule has 11 heteroatoms. The van der Waals surface area contributed by atoms with Gasteiger partial charge < -0.3 is 9.47 Å². The van der Waals surface area contributed by atoms with E-state index in [1.807, 2.05) is 0 Å². The largest absolute Gasteiger partial charge is 0.493 e. The van der Waals surface area contributed by atoms with Crippen LogP contribution in [0.15, 0.2) is 22.0 Å². The summed E-state index contributed by atoms with van der Waals surface area (Å²) in [6.07, 6.45) is 4.11. The van der Waals surface area contributed by atoms with Crippen LogP contribution < -0.4 is 20.5 Å². The topological polar surface area (TPSA) is 145 Å². The second kappa shape index (κ2) is 10.00. The van der Waals surface area contributed by atoms with E-state index < -0.39 is 10.5 Å². The van der Waals surface area contributed by atoms with Gasteiger partial charge in [-0.25, -0.2) is 5.43 Å². The summed E-state index contributed by atoms with van der Waals surface area (Å²) in [7, 11) is 1.41. The minimum absolute atomic E-state index is 0.0455. The van der Waals surface area contributed by atoms with Gasteiger partial charge >= 0.3 is 5.69 Å². The summed E-state index contributed by atoms with van der Waals surface area (Å²) < 4.78 is 10.8. The number of unbranched alkanes of at least 4 members (excludes halogenated alkanes) is 2. The Kier molecular flexibility index (Phi) is 7.43. The molecule has 1 aromatic carbocycles. The van der Waals surface area contributed by atoms with Crippen molar-refractivity contribution in [2.75, 3.05) is 19.1 Å². The molecule has 0 saturated heterocycles. The third-order valence-corrected chi connectivity index (χ3v) is 3.71. The number of hydrogen-bond acceptors (Lipinski definition) is 9. The van der Waals surface area contributed by atoms with Crippen molar-refractivity contribution in [2.24, 2.45) is 5.10 Å². The highest BCUT2D eigenvalue weighted by molar-refractivity contribution is 5.83. The Balaban J connectivity index is 2.21. The Morgan fingerprint density at radius 3 is 2.79 bits per heavy atom. The number of rotatable bonds is 10. The summed E-state index contributed by atoms with van der Waals surface area (Å²) in [5.74, 6) is 0.363. The van der Waals surface area contributed by atoms with Crippen molar-refractivity contribution in [1.29, 1.82) is 0 Å². The van der Waals surface area contributed by atoms with Gasteiger partial charge in [0.1, 0.15) is 5.69 Å². The molecule has 0 aliphatic rings. The quantitative estimate of drug-likeness (QED) is 0.272. The molecule has 2 aromatic rings. The maximum absolute atomic E-state index is 11.5. The number of anilines is 1. The Morgan fingerprint density at radius 1 is 1.36 bits per heavy atom. The first-order chi connectivity index (χ1) is 13.5. The SMILES string of the molecule is CCCCCOc1c(OC)cc(/C=N/Nc2nnc(C)c(=O)[nH]2)cc1[N+](=O)[O-]. The summed E-state index contributed by atoms with van der Waals surface area (Å²) in [6.45, 7) is 3.94. The van der Waals surface area contributed by atoms with E-state index >= 15 is 0 Å². The van der Waals surface area contributed by atoms with Crippen molar-refractivity contribution in [3.05, 3.63) is 43.9 Å². The second-order valence-electron chi connectivity index (χ2n) is 5.84. The lowest BCUT2D eigenvalue weighted by molar-refractivity contribution is -0.386. The molecule has 0 unspecified atom stereocenters. The molecule has 0 amide bonds. The highest BCUT2D eigenvalue weighted by Gasteiger charge is 2.22. The number of nitrogens with zero attached hydrogens (tertiary/aromatic N) is 4. The third-order valence-electron chi connectivity index (χ3n) is 3.71. The normalized spacial score (nSPS) is 10.8. The van der Waals surface area contributed by atoms with Gasteiger partial charge in [0.05, 0.1) is 24.9 Å². The number of aromatic nitrogens is 3. The third kappa shape index (κ3) is 5.50. The molecular weight excluding hydrogens is 368 g/mol. The van der Waals surface area contributed by atoms with E-state index in [1.54, 1.807) is 6.07 Å². The molecular formula is C17H22N6O5. The van der Waals surface area contributed by atoms with Crippen LogP contribution in [-0.2, 0) is 0 Å². The van der Waals surface area contributed by atoms with Gasteiger partial charge in [0.2, 0.25) is 11.7 Å². The number of hydrazone groups is 1. The first-order valence-corrected chi connectivity index (χ1v) is 8.68. The van der Waals surface area contributed by atoms with E-state index in [0.29, 0.717) is 12.2 Å². The van der Waals surface area contributed by atoms with Gasteiger partial charge in [0.25, 0.3) is 5.56 Å². The van der Waals surface area contributed by atoms with E-state index in [4.69, 9.17) is 9.47 Å². The van der Waals surface area contributed by atoms with Crippen LogP contribution in [0.5, 0.6) is 11.5 Å². The average molecular weight is 390 g/mol. The molecule has 0 fully saturated rings. The van der Waals surface area contributed by atoms with Gasteiger partial charge in [-0.2, -0.15) is 5.10 Å². The Bertz CT molecular complexity index is 911. The van der Waals surface area contributed by atoms with Gasteiger partial charge in [-0.05, 0) is 19.4 Å². The fourth-order valence-electron chi connectivity index (χ4n) is 2.25. The molecule has 0 saturated carbocycles. The molecule has 1 aromatic heterocycles. The Labute approximate surface area is 160 Å². The van der Waals surface area contributed by atoms with Crippen molar-refractivity contribution in [1.82, 2.24) is 15.2 Å². The molecule has 0 aliphatic carbocycles. The zero-order valence-electron chi connectivity index (χ0n) is 15.9. The first-order valence-electron chi connectivity index (χ1n) is 8.68. The molecule has 2 N–H and O–H groups in total. The van der Waals surface area contributed by atoms with Crippen LogP contribution in [0.4, 0.5) is 11.6 Å². The van der Waals surface area contributed by atoms with E-state index in [0.717, 1.165) is 19.3 Å². The van der Waals surface area contributed by atoms with E-state index in [1.165, 1.54) is 26.3 Å². The Hall–Kier alpha value is -3.50. The number of methoxy groups -OCH3 is 1. The van der Waals surface area contributed by atoms with Crippen LogP contribution in [0.1, 0.15) is 37.4 Å². The zero-order chi connectivity index (χ0) is 20.5. The number of hydrogen-bond donors (Lipinski definition) is 2. The molecule has 0 spiro atoms. The fraction of sp³-hybridized carbons (Fsp3) is 0.412. The zero-order valence-corrected chi connectivity index (χ0v) is 15.9. The van der Waals surface area contributed by atoms with Gasteiger partial charge in [0.15, 0.2) is 5.75 Å². The van der Waals surface area contributed by atoms with Crippen molar-refractivity contribution in [3.63, 3.8) is 0 Å². The van der Waals surface area contributed by atoms with Crippen LogP contribution in [-0.4, -0.2) is 40.0 Å². The van der Waals surface area contributed by atoms with Crippen LogP contribution in [0.3, 0.4) is 0 Å². The van der Waals surface area contributed by atoms with E-state index in [-0.39, 0.29) is 28.8 Å². The summed E-state index contributed by atoms with van der Waals surface area (Å²) in [4.78, 5) is 24.8. The van der Waals surface area contributed by atoms with Crippen molar-refractivity contribution in [2.45, 2.75) is 33.1 Å². The van der Waals surface area contributed by atoms with Crippen molar-refractivity contribution >= 4 is 17.9 Å². The summed E-state index contributed by atoms with van der Waals surface area (Å²) >= 11 is 0. The summed E-state index contributed by atoms with van der Waals surface area (Å²) in [5, 5.41) is 22.8. The molecule has 2 rings (SSSR count). The molecule has 0 aliphatic heterocycles. The van der Waals surface area contributed by atoms with Crippen molar-refractivity contribution < 1.29 is 14.4 Å². The lowest BCUT2D eigenvalue weighted by Crippen LogP contribution is -2.15. The van der Waals surface area contributed by atoms with Gasteiger partial charge in [-0.3, -0.25) is 19.9 Å². The number of H-pyrrole nitrogens is 1. The minimum atomic E-state index is -0.536. The summed E-state index contributed by atoms with van der Waals surface area (Å²) in [6, 6.07) is 2.89. The van der Waals surface area contributed by atoms with Crippen molar-refractivity contribution in [3.8, 4) is 11.5 Å². The lowest BCUT2D eigenvalue weighted by Gasteiger charge is -2.11. The number of benzene rings is 1. The lowest BCUT2D eigenvalue weighted by atomic mass is 10.2. The number of ether oxygens (including phenoxy) is 2. The molecule has 0 atom stereocenters. The molecule has 0 bridgehead atoms. The predicted molar refractivity (Wildman–Crippen MR) is 103 cm³/mol.